The molecule has 0 bridgehead atoms. The zero-order valence-electron chi connectivity index (χ0n) is 9.37. The molecule has 15 heavy (non-hydrogen) atoms. The predicted molar refractivity (Wildman–Crippen MR) is 60.7 cm³/mol. The smallest absolute Gasteiger partial charge is 0.0736 e. The SMILES string of the molecule is CC1(n2ncc(N)c2C2CC2)CCCC1. The van der Waals surface area contributed by atoms with E-state index in [1.807, 2.05) is 6.20 Å². The van der Waals surface area contributed by atoms with E-state index in [9.17, 15) is 0 Å². The first kappa shape index (κ1) is 9.25. The molecule has 3 nitrogen and oxygen atoms in total. The van der Waals surface area contributed by atoms with Crippen molar-refractivity contribution in [3.63, 3.8) is 0 Å². The molecule has 1 aromatic heterocycles. The number of hydrogen-bond acceptors (Lipinski definition) is 2. The number of hydrogen-bond donors (Lipinski definition) is 1. The summed E-state index contributed by atoms with van der Waals surface area (Å²) in [7, 11) is 0. The van der Waals surface area contributed by atoms with E-state index in [-0.39, 0.29) is 5.54 Å². The molecule has 0 atom stereocenters. The number of aromatic nitrogens is 2. The van der Waals surface area contributed by atoms with Crippen LogP contribution < -0.4 is 5.73 Å². The quantitative estimate of drug-likeness (QED) is 0.806. The van der Waals surface area contributed by atoms with Crippen LogP contribution in [0.25, 0.3) is 0 Å². The Bertz CT molecular complexity index is 370. The summed E-state index contributed by atoms with van der Waals surface area (Å²) >= 11 is 0. The average molecular weight is 205 g/mol. The van der Waals surface area contributed by atoms with Crippen LogP contribution in [-0.2, 0) is 5.54 Å². The van der Waals surface area contributed by atoms with E-state index in [1.165, 1.54) is 44.2 Å². The van der Waals surface area contributed by atoms with Gasteiger partial charge >= 0.3 is 0 Å². The largest absolute Gasteiger partial charge is 0.396 e. The summed E-state index contributed by atoms with van der Waals surface area (Å²) in [6.07, 6.45) is 9.62. The number of nitrogens with zero attached hydrogens (tertiary/aromatic N) is 2. The Balaban J connectivity index is 2.03. The molecule has 1 aromatic rings. The van der Waals surface area contributed by atoms with Crippen LogP contribution >= 0.6 is 0 Å². The number of nitrogens with two attached hydrogens (primary N) is 1. The summed E-state index contributed by atoms with van der Waals surface area (Å²) in [5.74, 6) is 0.699. The van der Waals surface area contributed by atoms with Gasteiger partial charge < -0.3 is 5.73 Å². The molecule has 0 aromatic carbocycles. The molecule has 1 heterocycles. The van der Waals surface area contributed by atoms with Gasteiger partial charge in [0.25, 0.3) is 0 Å². The van der Waals surface area contributed by atoms with Crippen molar-refractivity contribution in [3.8, 4) is 0 Å². The fourth-order valence-corrected chi connectivity index (χ4v) is 2.91. The van der Waals surface area contributed by atoms with Crippen LogP contribution in [0.5, 0.6) is 0 Å². The van der Waals surface area contributed by atoms with Gasteiger partial charge in [-0.25, -0.2) is 0 Å². The van der Waals surface area contributed by atoms with Crippen molar-refractivity contribution < 1.29 is 0 Å². The highest BCUT2D eigenvalue weighted by molar-refractivity contribution is 5.45. The summed E-state index contributed by atoms with van der Waals surface area (Å²) in [6.45, 7) is 2.33. The molecule has 0 saturated heterocycles. The van der Waals surface area contributed by atoms with Gasteiger partial charge in [0, 0.05) is 5.92 Å². The van der Waals surface area contributed by atoms with Crippen LogP contribution in [-0.4, -0.2) is 9.78 Å². The third-order valence-electron chi connectivity index (χ3n) is 3.99. The van der Waals surface area contributed by atoms with Crippen LogP contribution in [0.3, 0.4) is 0 Å². The molecule has 0 spiro atoms. The molecule has 2 fully saturated rings. The minimum Gasteiger partial charge on any atom is -0.396 e. The fraction of sp³-hybridized carbons (Fsp3) is 0.750. The van der Waals surface area contributed by atoms with Crippen LogP contribution in [0.4, 0.5) is 5.69 Å². The molecule has 0 amide bonds. The normalized spacial score (nSPS) is 24.6. The highest BCUT2D eigenvalue weighted by Crippen LogP contribution is 2.46. The molecule has 3 rings (SSSR count). The van der Waals surface area contributed by atoms with Crippen LogP contribution in [0.2, 0.25) is 0 Å². The Morgan fingerprint density at radius 3 is 2.67 bits per heavy atom. The maximum absolute atomic E-state index is 6.03. The predicted octanol–water partition coefficient (Wildman–Crippen LogP) is 2.63. The van der Waals surface area contributed by atoms with E-state index < -0.39 is 0 Å². The van der Waals surface area contributed by atoms with E-state index in [4.69, 9.17) is 5.73 Å². The summed E-state index contributed by atoms with van der Waals surface area (Å²) in [5.41, 5.74) is 8.50. The minimum absolute atomic E-state index is 0.246. The zero-order chi connectivity index (χ0) is 10.5. The van der Waals surface area contributed by atoms with Crippen molar-refractivity contribution in [2.24, 2.45) is 0 Å². The lowest BCUT2D eigenvalue weighted by molar-refractivity contribution is 0.286. The maximum Gasteiger partial charge on any atom is 0.0736 e. The summed E-state index contributed by atoms with van der Waals surface area (Å²) in [6, 6.07) is 0. The zero-order valence-corrected chi connectivity index (χ0v) is 9.37. The van der Waals surface area contributed by atoms with Gasteiger partial charge in [-0.15, -0.1) is 0 Å². The van der Waals surface area contributed by atoms with E-state index in [0.29, 0.717) is 5.92 Å². The molecular weight excluding hydrogens is 186 g/mol. The van der Waals surface area contributed by atoms with Crippen molar-refractivity contribution in [3.05, 3.63) is 11.9 Å². The molecule has 2 aliphatic carbocycles. The fourth-order valence-electron chi connectivity index (χ4n) is 2.91. The average Bonchev–Trinajstić information content (AvgIpc) is 2.83. The second-order valence-electron chi connectivity index (χ2n) is 5.38. The van der Waals surface area contributed by atoms with Gasteiger partial charge in [-0.2, -0.15) is 5.10 Å². The highest BCUT2D eigenvalue weighted by atomic mass is 15.3. The molecular formula is C12H19N3. The number of anilines is 1. The highest BCUT2D eigenvalue weighted by Gasteiger charge is 2.38. The summed E-state index contributed by atoms with van der Waals surface area (Å²) < 4.78 is 2.24. The van der Waals surface area contributed by atoms with Gasteiger partial charge in [-0.1, -0.05) is 12.8 Å². The molecule has 0 radical (unpaired) electrons. The second kappa shape index (κ2) is 3.00. The Morgan fingerprint density at radius 2 is 2.07 bits per heavy atom. The summed E-state index contributed by atoms with van der Waals surface area (Å²) in [5, 5.41) is 4.52. The van der Waals surface area contributed by atoms with Crippen molar-refractivity contribution in [1.82, 2.24) is 9.78 Å². The van der Waals surface area contributed by atoms with Crippen molar-refractivity contribution in [2.45, 2.75) is 56.9 Å². The third kappa shape index (κ3) is 1.36. The molecule has 82 valence electrons. The second-order valence-corrected chi connectivity index (χ2v) is 5.38. The Hall–Kier alpha value is -0.990. The first-order valence-electron chi connectivity index (χ1n) is 6.05. The lowest BCUT2D eigenvalue weighted by Crippen LogP contribution is -2.29. The molecule has 3 heteroatoms. The number of nitrogen functional groups attached to an aromatic ring is 1. The first-order valence-corrected chi connectivity index (χ1v) is 6.05. The minimum atomic E-state index is 0.246. The van der Waals surface area contributed by atoms with Crippen LogP contribution in [0, 0.1) is 0 Å². The van der Waals surface area contributed by atoms with Gasteiger partial charge in [0.15, 0.2) is 0 Å². The van der Waals surface area contributed by atoms with E-state index >= 15 is 0 Å². The lowest BCUT2D eigenvalue weighted by atomic mass is 10.00. The first-order chi connectivity index (χ1) is 7.21. The van der Waals surface area contributed by atoms with Crippen molar-refractivity contribution in [2.75, 3.05) is 5.73 Å². The monoisotopic (exact) mass is 205 g/mol. The number of rotatable bonds is 2. The molecule has 0 unspecified atom stereocenters. The van der Waals surface area contributed by atoms with Crippen molar-refractivity contribution in [1.29, 1.82) is 0 Å². The standard InChI is InChI=1S/C12H19N3/c1-12(6-2-3-7-12)15-11(9-4-5-9)10(13)8-14-15/h8-9H,2-7,13H2,1H3. The van der Waals surface area contributed by atoms with E-state index in [1.54, 1.807) is 0 Å². The Labute approximate surface area is 90.7 Å². The summed E-state index contributed by atoms with van der Waals surface area (Å²) in [4.78, 5) is 0. The van der Waals surface area contributed by atoms with E-state index in [0.717, 1.165) is 5.69 Å². The van der Waals surface area contributed by atoms with Crippen molar-refractivity contribution >= 4 is 5.69 Å². The van der Waals surface area contributed by atoms with Crippen LogP contribution in [0.1, 0.15) is 57.1 Å². The van der Waals surface area contributed by atoms with Gasteiger partial charge in [-0.05, 0) is 32.6 Å². The third-order valence-corrected chi connectivity index (χ3v) is 3.99. The maximum atomic E-state index is 6.03. The molecule has 2 N–H and O–H groups in total. The van der Waals surface area contributed by atoms with Gasteiger partial charge in [0.05, 0.1) is 23.1 Å². The molecule has 2 aliphatic rings. The van der Waals surface area contributed by atoms with Gasteiger partial charge in [0.2, 0.25) is 0 Å². The Kier molecular flexibility index (Phi) is 1.85. The Morgan fingerprint density at radius 1 is 1.40 bits per heavy atom. The van der Waals surface area contributed by atoms with Gasteiger partial charge in [-0.3, -0.25) is 4.68 Å². The lowest BCUT2D eigenvalue weighted by Gasteiger charge is -2.27. The molecule has 2 saturated carbocycles. The van der Waals surface area contributed by atoms with Crippen LogP contribution in [0.15, 0.2) is 6.20 Å². The molecule has 0 aliphatic heterocycles. The van der Waals surface area contributed by atoms with E-state index in [2.05, 4.69) is 16.7 Å². The van der Waals surface area contributed by atoms with Gasteiger partial charge in [0.1, 0.15) is 0 Å². The topological polar surface area (TPSA) is 43.8 Å².